The van der Waals surface area contributed by atoms with E-state index in [1.807, 2.05) is 57.3 Å². The zero-order chi connectivity index (χ0) is 25.4. The standard InChI is InChI=1S/C25H33N5O3S2/c1-5-14-30(15-6-2)35(31,32)20-12-13-23-21(16-20)19(18-29(23)7-3)17-26-28-25(34)27-22-10-8-9-11-24(22)33-4/h8-13,16-18H,5-7,14-15H2,1-4H3,(H2,27,28,34)/b26-17-. The molecule has 0 aliphatic heterocycles. The zero-order valence-corrected chi connectivity index (χ0v) is 22.2. The third-order valence-corrected chi connectivity index (χ3v) is 7.62. The van der Waals surface area contributed by atoms with Gasteiger partial charge in [0.05, 0.1) is 23.9 Å². The number of sulfonamides is 1. The van der Waals surface area contributed by atoms with Gasteiger partial charge >= 0.3 is 0 Å². The summed E-state index contributed by atoms with van der Waals surface area (Å²) in [6.45, 7) is 7.75. The molecular formula is C25H33N5O3S2. The van der Waals surface area contributed by atoms with Crippen LogP contribution in [0.2, 0.25) is 0 Å². The van der Waals surface area contributed by atoms with E-state index in [9.17, 15) is 8.42 Å². The molecule has 10 heteroatoms. The van der Waals surface area contributed by atoms with Crippen LogP contribution in [-0.2, 0) is 16.6 Å². The molecule has 188 valence electrons. The molecule has 35 heavy (non-hydrogen) atoms. The highest BCUT2D eigenvalue weighted by atomic mass is 32.2. The average Bonchev–Trinajstić information content (AvgIpc) is 3.21. The number of aryl methyl sites for hydroxylation is 1. The van der Waals surface area contributed by atoms with Crippen molar-refractivity contribution in [2.75, 3.05) is 25.5 Å². The van der Waals surface area contributed by atoms with E-state index < -0.39 is 10.0 Å². The Morgan fingerprint density at radius 1 is 1.14 bits per heavy atom. The Morgan fingerprint density at radius 2 is 1.86 bits per heavy atom. The third-order valence-electron chi connectivity index (χ3n) is 5.53. The minimum atomic E-state index is -3.58. The summed E-state index contributed by atoms with van der Waals surface area (Å²) in [5.74, 6) is 0.667. The third kappa shape index (κ3) is 6.19. The molecular weight excluding hydrogens is 482 g/mol. The van der Waals surface area contributed by atoms with Gasteiger partial charge in [0.25, 0.3) is 0 Å². The Balaban J connectivity index is 1.86. The average molecular weight is 516 g/mol. The number of methoxy groups -OCH3 is 1. The van der Waals surface area contributed by atoms with Crippen LogP contribution in [-0.4, -0.2) is 48.8 Å². The first-order valence-corrected chi connectivity index (χ1v) is 13.6. The lowest BCUT2D eigenvalue weighted by atomic mass is 10.2. The smallest absolute Gasteiger partial charge is 0.243 e. The van der Waals surface area contributed by atoms with Gasteiger partial charge in [-0.2, -0.15) is 9.41 Å². The maximum absolute atomic E-state index is 13.3. The van der Waals surface area contributed by atoms with Crippen LogP contribution >= 0.6 is 12.2 Å². The lowest BCUT2D eigenvalue weighted by Crippen LogP contribution is -2.32. The molecule has 0 unspecified atom stereocenters. The number of nitrogens with zero attached hydrogens (tertiary/aromatic N) is 3. The first-order chi connectivity index (χ1) is 16.8. The van der Waals surface area contributed by atoms with Crippen molar-refractivity contribution in [2.24, 2.45) is 5.10 Å². The van der Waals surface area contributed by atoms with Gasteiger partial charge in [-0.15, -0.1) is 0 Å². The summed E-state index contributed by atoms with van der Waals surface area (Å²) in [5, 5.41) is 8.47. The summed E-state index contributed by atoms with van der Waals surface area (Å²) in [7, 11) is -1.99. The van der Waals surface area contributed by atoms with Crippen molar-refractivity contribution in [1.29, 1.82) is 0 Å². The van der Waals surface area contributed by atoms with E-state index in [2.05, 4.69) is 20.4 Å². The van der Waals surface area contributed by atoms with Crippen LogP contribution in [0.4, 0.5) is 5.69 Å². The molecule has 1 aromatic heterocycles. The molecule has 0 aliphatic rings. The van der Waals surface area contributed by atoms with E-state index in [1.54, 1.807) is 29.8 Å². The fraction of sp³-hybridized carbons (Fsp3) is 0.360. The van der Waals surface area contributed by atoms with Crippen molar-refractivity contribution >= 4 is 50.2 Å². The summed E-state index contributed by atoms with van der Waals surface area (Å²) in [5.41, 5.74) is 5.28. The summed E-state index contributed by atoms with van der Waals surface area (Å²) < 4.78 is 35.6. The summed E-state index contributed by atoms with van der Waals surface area (Å²) in [6, 6.07) is 12.7. The van der Waals surface area contributed by atoms with Gasteiger partial charge in [-0.25, -0.2) is 8.42 Å². The number of hydrogen-bond donors (Lipinski definition) is 2. The molecule has 2 N–H and O–H groups in total. The summed E-state index contributed by atoms with van der Waals surface area (Å²) in [4.78, 5) is 0.289. The summed E-state index contributed by atoms with van der Waals surface area (Å²) in [6.07, 6.45) is 5.13. The van der Waals surface area contributed by atoms with Crippen LogP contribution < -0.4 is 15.5 Å². The second-order valence-electron chi connectivity index (χ2n) is 7.98. The molecule has 0 spiro atoms. The Kier molecular flexibility index (Phi) is 9.25. The highest BCUT2D eigenvalue weighted by Crippen LogP contribution is 2.26. The topological polar surface area (TPSA) is 88.0 Å². The van der Waals surface area contributed by atoms with E-state index in [4.69, 9.17) is 17.0 Å². The van der Waals surface area contributed by atoms with Crippen LogP contribution in [0, 0.1) is 0 Å². The molecule has 0 amide bonds. The Hall–Kier alpha value is -2.95. The molecule has 0 saturated heterocycles. The quantitative estimate of drug-likeness (QED) is 0.217. The van der Waals surface area contributed by atoms with Gasteiger partial charge < -0.3 is 14.6 Å². The number of fused-ring (bicyclic) bond motifs is 1. The molecule has 0 aliphatic carbocycles. The predicted octanol–water partition coefficient (Wildman–Crippen LogP) is 4.80. The van der Waals surface area contributed by atoms with E-state index in [-0.39, 0.29) is 4.90 Å². The van der Waals surface area contributed by atoms with Crippen molar-refractivity contribution < 1.29 is 13.2 Å². The highest BCUT2D eigenvalue weighted by Gasteiger charge is 2.24. The van der Waals surface area contributed by atoms with Gasteiger partial charge in [-0.1, -0.05) is 26.0 Å². The molecule has 0 fully saturated rings. The van der Waals surface area contributed by atoms with Gasteiger partial charge in [0, 0.05) is 42.3 Å². The number of para-hydroxylation sites is 2. The number of ether oxygens (including phenoxy) is 1. The van der Waals surface area contributed by atoms with Crippen molar-refractivity contribution in [3.63, 3.8) is 0 Å². The normalized spacial score (nSPS) is 11.9. The highest BCUT2D eigenvalue weighted by molar-refractivity contribution is 7.89. The SMILES string of the molecule is CCCN(CCC)S(=O)(=O)c1ccc2c(c1)c(/C=N\NC(=S)Nc1ccccc1OC)cn2CC. The fourth-order valence-electron chi connectivity index (χ4n) is 3.89. The molecule has 3 aromatic rings. The van der Waals surface area contributed by atoms with Crippen molar-refractivity contribution in [3.8, 4) is 5.75 Å². The zero-order valence-electron chi connectivity index (χ0n) is 20.6. The largest absolute Gasteiger partial charge is 0.495 e. The van der Waals surface area contributed by atoms with Crippen LogP contribution in [0.5, 0.6) is 5.75 Å². The lowest BCUT2D eigenvalue weighted by molar-refractivity contribution is 0.410. The van der Waals surface area contributed by atoms with Crippen molar-refractivity contribution in [1.82, 2.24) is 14.3 Å². The van der Waals surface area contributed by atoms with Crippen LogP contribution in [0.3, 0.4) is 0 Å². The molecule has 2 aromatic carbocycles. The second kappa shape index (κ2) is 12.1. The molecule has 8 nitrogen and oxygen atoms in total. The van der Waals surface area contributed by atoms with Crippen molar-refractivity contribution in [3.05, 3.63) is 54.2 Å². The maximum Gasteiger partial charge on any atom is 0.243 e. The number of aromatic nitrogens is 1. The van der Waals surface area contributed by atoms with Gasteiger partial charge in [0.2, 0.25) is 10.0 Å². The number of nitrogens with one attached hydrogen (secondary N) is 2. The van der Waals surface area contributed by atoms with Crippen LogP contribution in [0.1, 0.15) is 39.2 Å². The van der Waals surface area contributed by atoms with Crippen LogP contribution in [0.15, 0.2) is 58.7 Å². The van der Waals surface area contributed by atoms with Gasteiger partial charge in [0.1, 0.15) is 5.75 Å². The lowest BCUT2D eigenvalue weighted by Gasteiger charge is -2.21. The first-order valence-electron chi connectivity index (χ1n) is 11.7. The van der Waals surface area contributed by atoms with Gasteiger partial charge in [0.15, 0.2) is 5.11 Å². The minimum Gasteiger partial charge on any atom is -0.495 e. The number of benzene rings is 2. The molecule has 1 heterocycles. The Bertz CT molecular complexity index is 1300. The first kappa shape index (κ1) is 26.7. The molecule has 0 atom stereocenters. The number of hydrogen-bond acceptors (Lipinski definition) is 5. The molecule has 3 rings (SSSR count). The van der Waals surface area contributed by atoms with E-state index in [1.165, 1.54) is 0 Å². The number of anilines is 1. The van der Waals surface area contributed by atoms with E-state index >= 15 is 0 Å². The Labute approximate surface area is 213 Å². The number of thiocarbonyl (C=S) groups is 1. The molecule has 0 radical (unpaired) electrons. The summed E-state index contributed by atoms with van der Waals surface area (Å²) >= 11 is 5.35. The second-order valence-corrected chi connectivity index (χ2v) is 10.3. The molecule has 0 bridgehead atoms. The maximum atomic E-state index is 13.3. The van der Waals surface area contributed by atoms with E-state index in [0.717, 1.165) is 41.5 Å². The van der Waals surface area contributed by atoms with Crippen molar-refractivity contribution in [2.45, 2.75) is 45.1 Å². The predicted molar refractivity (Wildman–Crippen MR) is 147 cm³/mol. The fourth-order valence-corrected chi connectivity index (χ4v) is 5.70. The number of hydrazone groups is 1. The van der Waals surface area contributed by atoms with E-state index in [0.29, 0.717) is 24.0 Å². The van der Waals surface area contributed by atoms with Crippen LogP contribution in [0.25, 0.3) is 10.9 Å². The Morgan fingerprint density at radius 3 is 2.51 bits per heavy atom. The minimum absolute atomic E-state index is 0.289. The molecule has 0 saturated carbocycles. The monoisotopic (exact) mass is 515 g/mol. The van der Waals surface area contributed by atoms with Gasteiger partial charge in [-0.05, 0) is 62.3 Å². The van der Waals surface area contributed by atoms with Gasteiger partial charge in [-0.3, -0.25) is 5.43 Å². The number of rotatable bonds is 11.